The molecule has 0 fully saturated rings. The van der Waals surface area contributed by atoms with Crippen LogP contribution in [0.2, 0.25) is 0 Å². The molecule has 3 heterocycles. The number of ether oxygens (including phenoxy) is 1. The largest absolute Gasteiger partial charge is 0.487 e. The first kappa shape index (κ1) is 26.5. The molecule has 0 unspecified atom stereocenters. The molecule has 1 aliphatic rings. The van der Waals surface area contributed by atoms with Crippen LogP contribution >= 0.6 is 11.3 Å². The van der Waals surface area contributed by atoms with Crippen LogP contribution in [0.3, 0.4) is 0 Å². The number of nitrogens with one attached hydrogen (secondary N) is 1. The van der Waals surface area contributed by atoms with Crippen LogP contribution in [0.15, 0.2) is 109 Å². The van der Waals surface area contributed by atoms with Crippen molar-refractivity contribution in [3.63, 3.8) is 0 Å². The molecule has 1 aliphatic heterocycles. The number of benzene rings is 3. The number of anilines is 2. The summed E-state index contributed by atoms with van der Waals surface area (Å²) in [5.41, 5.74) is 5.21. The van der Waals surface area contributed by atoms with E-state index in [0.29, 0.717) is 29.1 Å². The number of carbonyl (C=O) groups excluding carboxylic acids is 2. The quantitative estimate of drug-likeness (QED) is 0.223. The first-order chi connectivity index (χ1) is 20.2. The Morgan fingerprint density at radius 2 is 1.78 bits per heavy atom. The Hall–Kier alpha value is -4.75. The van der Waals surface area contributed by atoms with Crippen LogP contribution in [0.1, 0.15) is 44.0 Å². The third kappa shape index (κ3) is 5.90. The summed E-state index contributed by atoms with van der Waals surface area (Å²) in [5, 5.41) is 5.08. The molecule has 7 heteroatoms. The lowest BCUT2D eigenvalue weighted by Crippen LogP contribution is -2.31. The number of aromatic nitrogens is 1. The molecule has 2 aromatic heterocycles. The summed E-state index contributed by atoms with van der Waals surface area (Å²) in [7, 11) is 0. The molecule has 41 heavy (non-hydrogen) atoms. The lowest BCUT2D eigenvalue weighted by Gasteiger charge is -2.22. The number of nitrogens with zero attached hydrogens (tertiary/aromatic N) is 2. The maximum absolute atomic E-state index is 13.8. The number of hydrogen-bond donors (Lipinski definition) is 1. The lowest BCUT2D eigenvalue weighted by molar-refractivity contribution is 0.0985. The summed E-state index contributed by atoms with van der Waals surface area (Å²) in [5.74, 6) is 0.0841. The van der Waals surface area contributed by atoms with Crippen molar-refractivity contribution in [2.45, 2.75) is 25.9 Å². The highest BCUT2D eigenvalue weighted by Crippen LogP contribution is 2.34. The molecule has 5 aromatic rings. The zero-order valence-electron chi connectivity index (χ0n) is 22.5. The zero-order chi connectivity index (χ0) is 28.0. The molecule has 0 atom stereocenters. The Balaban J connectivity index is 1.32. The van der Waals surface area contributed by atoms with Gasteiger partial charge in [0, 0.05) is 40.5 Å². The molecule has 6 nitrogen and oxygen atoms in total. The number of pyridine rings is 1. The van der Waals surface area contributed by atoms with Gasteiger partial charge in [0.05, 0.1) is 11.4 Å². The normalized spacial score (nSPS) is 12.7. The second-order valence-corrected chi connectivity index (χ2v) is 10.9. The minimum atomic E-state index is -0.259. The van der Waals surface area contributed by atoms with Crippen LogP contribution < -0.4 is 15.0 Å². The number of rotatable bonds is 7. The van der Waals surface area contributed by atoms with Crippen molar-refractivity contribution in [3.8, 4) is 16.9 Å². The number of carbonyl (C=O) groups is 2. The topological polar surface area (TPSA) is 71.5 Å². The van der Waals surface area contributed by atoms with Gasteiger partial charge in [-0.1, -0.05) is 54.6 Å². The Labute approximate surface area is 243 Å². The van der Waals surface area contributed by atoms with E-state index < -0.39 is 0 Å². The summed E-state index contributed by atoms with van der Waals surface area (Å²) in [6.45, 7) is 0.913. The average Bonchev–Trinajstić information content (AvgIpc) is 3.40. The van der Waals surface area contributed by atoms with E-state index in [1.54, 1.807) is 41.9 Å². The second-order valence-electron chi connectivity index (χ2n) is 9.87. The molecule has 0 radical (unpaired) electrons. The molecule has 0 saturated heterocycles. The Bertz CT molecular complexity index is 1670. The van der Waals surface area contributed by atoms with Crippen LogP contribution in [0.5, 0.6) is 5.75 Å². The molecule has 3 aromatic carbocycles. The van der Waals surface area contributed by atoms with E-state index in [2.05, 4.69) is 10.3 Å². The van der Waals surface area contributed by atoms with Crippen molar-refractivity contribution in [2.24, 2.45) is 0 Å². The molecule has 0 saturated carbocycles. The standard InChI is InChI=1S/C34H29N3O3S/c38-33(28-13-5-4-12-27(28)25-10-2-1-3-11-25)36-29-16-15-26(21-31(29)40-23-24-9-8-18-35-22-24)34(39)37-19-7-6-14-32-30(37)17-20-41-32/h1-5,8-13,15-18,20-22H,6-7,14,19,23H2,(H,36,38). The molecule has 0 aliphatic carbocycles. The van der Waals surface area contributed by atoms with Gasteiger partial charge >= 0.3 is 0 Å². The van der Waals surface area contributed by atoms with E-state index in [-0.39, 0.29) is 18.4 Å². The number of aryl methyl sites for hydroxylation is 1. The number of thiophene rings is 1. The van der Waals surface area contributed by atoms with Gasteiger partial charge in [-0.2, -0.15) is 0 Å². The monoisotopic (exact) mass is 559 g/mol. The van der Waals surface area contributed by atoms with Gasteiger partial charge in [0.1, 0.15) is 12.4 Å². The van der Waals surface area contributed by atoms with Crippen LogP contribution in [0.4, 0.5) is 11.4 Å². The first-order valence-corrected chi connectivity index (χ1v) is 14.5. The molecule has 6 rings (SSSR count). The Morgan fingerprint density at radius 3 is 2.63 bits per heavy atom. The van der Waals surface area contributed by atoms with Gasteiger partial charge in [0.2, 0.25) is 0 Å². The van der Waals surface area contributed by atoms with Crippen molar-refractivity contribution in [2.75, 3.05) is 16.8 Å². The van der Waals surface area contributed by atoms with Crippen LogP contribution in [0.25, 0.3) is 11.1 Å². The fourth-order valence-electron chi connectivity index (χ4n) is 5.07. The fraction of sp³-hybridized carbons (Fsp3) is 0.147. The SMILES string of the molecule is O=C(Nc1ccc(C(=O)N2CCCCc3sccc32)cc1OCc1cccnc1)c1ccccc1-c1ccccc1. The van der Waals surface area contributed by atoms with Gasteiger partial charge in [-0.15, -0.1) is 11.3 Å². The van der Waals surface area contributed by atoms with Gasteiger partial charge in [0.15, 0.2) is 0 Å². The fourth-order valence-corrected chi connectivity index (χ4v) is 5.99. The summed E-state index contributed by atoms with van der Waals surface area (Å²) in [6.07, 6.45) is 6.45. The van der Waals surface area contributed by atoms with Gasteiger partial charge in [-0.25, -0.2) is 0 Å². The summed E-state index contributed by atoms with van der Waals surface area (Å²) < 4.78 is 6.21. The highest BCUT2D eigenvalue weighted by Gasteiger charge is 2.24. The Kier molecular flexibility index (Phi) is 7.87. The van der Waals surface area contributed by atoms with Gasteiger partial charge in [0.25, 0.3) is 11.8 Å². The van der Waals surface area contributed by atoms with E-state index in [1.807, 2.05) is 83.1 Å². The smallest absolute Gasteiger partial charge is 0.258 e. The van der Waals surface area contributed by atoms with E-state index in [9.17, 15) is 9.59 Å². The predicted molar refractivity (Wildman–Crippen MR) is 164 cm³/mol. The molecular weight excluding hydrogens is 530 g/mol. The summed E-state index contributed by atoms with van der Waals surface area (Å²) in [4.78, 5) is 34.6. The molecule has 1 N–H and O–H groups in total. The van der Waals surface area contributed by atoms with Crippen molar-refractivity contribution < 1.29 is 14.3 Å². The number of fused-ring (bicyclic) bond motifs is 1. The van der Waals surface area contributed by atoms with E-state index in [1.165, 1.54) is 4.88 Å². The van der Waals surface area contributed by atoms with Gasteiger partial charge in [-0.3, -0.25) is 14.6 Å². The summed E-state index contributed by atoms with van der Waals surface area (Å²) >= 11 is 1.70. The lowest BCUT2D eigenvalue weighted by atomic mass is 9.99. The predicted octanol–water partition coefficient (Wildman–Crippen LogP) is 7.62. The molecule has 2 amide bonds. The van der Waals surface area contributed by atoms with Gasteiger partial charge in [-0.05, 0) is 72.2 Å². The highest BCUT2D eigenvalue weighted by molar-refractivity contribution is 7.10. The maximum atomic E-state index is 13.8. The van der Waals surface area contributed by atoms with E-state index in [4.69, 9.17) is 4.74 Å². The van der Waals surface area contributed by atoms with Crippen molar-refractivity contribution in [1.82, 2.24) is 4.98 Å². The molecule has 0 spiro atoms. The van der Waals surface area contributed by atoms with E-state index >= 15 is 0 Å². The van der Waals surface area contributed by atoms with E-state index in [0.717, 1.165) is 41.6 Å². The van der Waals surface area contributed by atoms with Crippen molar-refractivity contribution >= 4 is 34.5 Å². The number of amides is 2. The molecule has 0 bridgehead atoms. The highest BCUT2D eigenvalue weighted by atomic mass is 32.1. The first-order valence-electron chi connectivity index (χ1n) is 13.7. The molecule has 204 valence electrons. The third-order valence-corrected chi connectivity index (χ3v) is 8.11. The zero-order valence-corrected chi connectivity index (χ0v) is 23.3. The maximum Gasteiger partial charge on any atom is 0.258 e. The van der Waals surface area contributed by atoms with Gasteiger partial charge < -0.3 is 15.0 Å². The van der Waals surface area contributed by atoms with Crippen LogP contribution in [0, 0.1) is 0 Å². The average molecular weight is 560 g/mol. The minimum Gasteiger partial charge on any atom is -0.487 e. The minimum absolute atomic E-state index is 0.0786. The Morgan fingerprint density at radius 1 is 0.927 bits per heavy atom. The second kappa shape index (κ2) is 12.2. The van der Waals surface area contributed by atoms with Crippen LogP contribution in [-0.2, 0) is 13.0 Å². The molecular formula is C34H29N3O3S. The van der Waals surface area contributed by atoms with Crippen molar-refractivity contribution in [1.29, 1.82) is 0 Å². The van der Waals surface area contributed by atoms with Crippen LogP contribution in [-0.4, -0.2) is 23.3 Å². The summed E-state index contributed by atoms with van der Waals surface area (Å²) in [6, 6.07) is 28.4. The third-order valence-electron chi connectivity index (χ3n) is 7.14. The number of hydrogen-bond acceptors (Lipinski definition) is 5. The van der Waals surface area contributed by atoms with Crippen molar-refractivity contribution in [3.05, 3.63) is 130 Å².